The molecule has 1 fully saturated rings. The standard InChI is InChI=1S/C36H48ClN5O5S3/c1-23(43)41(30(19-20-48-6)35(46)47-26-15-11-8-12-16-26)42-29-18-17-25(37)21-27(29)31(24-13-9-7-10-14-24)39-32(34(42)45)40(5)33(44)28(38)22-49-50-36(2,3)4/h7,9-10,13-14,17-18,21,26,28,30,32H,8,11-12,15-16,19-20,22,38H2,1-6H3/t28?,30-,32?/m0/s1. The number of likely N-dealkylation sites (N-methyl/N-ethyl adjacent to an activating group) is 1. The molecule has 0 aromatic heterocycles. The fraction of sp³-hybridized carbons (Fsp3) is 0.528. The largest absolute Gasteiger partial charge is 0.461 e. The number of esters is 1. The zero-order valence-electron chi connectivity index (χ0n) is 29.6. The second kappa shape index (κ2) is 18.2. The highest BCUT2D eigenvalue weighted by Gasteiger charge is 2.45. The molecule has 50 heavy (non-hydrogen) atoms. The third kappa shape index (κ3) is 10.2. The minimum Gasteiger partial charge on any atom is -0.461 e. The van der Waals surface area contributed by atoms with E-state index < -0.39 is 41.9 Å². The maximum atomic E-state index is 15.0. The average molecular weight is 762 g/mol. The van der Waals surface area contributed by atoms with Crippen LogP contribution in [0, 0.1) is 0 Å². The summed E-state index contributed by atoms with van der Waals surface area (Å²) in [6.07, 6.45) is 4.95. The maximum absolute atomic E-state index is 15.0. The van der Waals surface area contributed by atoms with Crippen LogP contribution in [0.2, 0.25) is 5.02 Å². The summed E-state index contributed by atoms with van der Waals surface area (Å²) in [6.45, 7) is 7.54. The van der Waals surface area contributed by atoms with Gasteiger partial charge in [-0.3, -0.25) is 14.4 Å². The second-order valence-corrected chi connectivity index (χ2v) is 18.0. The molecule has 1 saturated carbocycles. The molecule has 2 N–H and O–H groups in total. The Labute approximate surface area is 313 Å². The first-order valence-corrected chi connectivity index (χ1v) is 20.9. The van der Waals surface area contributed by atoms with Gasteiger partial charge < -0.3 is 15.4 Å². The van der Waals surface area contributed by atoms with Gasteiger partial charge in [0.25, 0.3) is 5.91 Å². The van der Waals surface area contributed by atoms with E-state index in [0.717, 1.165) is 32.1 Å². The number of hydrogen-bond acceptors (Lipinski definition) is 10. The lowest BCUT2D eigenvalue weighted by atomic mass is 9.98. The number of hydrogen-bond donors (Lipinski definition) is 1. The van der Waals surface area contributed by atoms with Crippen LogP contribution in [0.4, 0.5) is 5.69 Å². The molecule has 0 radical (unpaired) electrons. The number of rotatable bonds is 13. The number of carbonyl (C=O) groups excluding carboxylic acids is 4. The van der Waals surface area contributed by atoms with E-state index in [1.54, 1.807) is 29.0 Å². The number of benzene rings is 2. The van der Waals surface area contributed by atoms with Gasteiger partial charge in [0.05, 0.1) is 17.4 Å². The number of anilines is 1. The summed E-state index contributed by atoms with van der Waals surface area (Å²) in [7, 11) is 4.59. The van der Waals surface area contributed by atoms with E-state index in [4.69, 9.17) is 27.1 Å². The van der Waals surface area contributed by atoms with Crippen LogP contribution in [0.15, 0.2) is 53.5 Å². The number of halogens is 1. The third-order valence-electron chi connectivity index (χ3n) is 8.29. The predicted molar refractivity (Wildman–Crippen MR) is 208 cm³/mol. The van der Waals surface area contributed by atoms with Crippen molar-refractivity contribution in [2.75, 3.05) is 29.8 Å². The minimum atomic E-state index is -1.44. The molecule has 0 saturated heterocycles. The molecule has 2 aliphatic rings. The fourth-order valence-electron chi connectivity index (χ4n) is 5.89. The number of thioether (sulfide) groups is 1. The molecular weight excluding hydrogens is 714 g/mol. The van der Waals surface area contributed by atoms with E-state index >= 15 is 4.79 Å². The maximum Gasteiger partial charge on any atom is 0.331 e. The molecule has 0 bridgehead atoms. The Bertz CT molecular complexity index is 1550. The monoisotopic (exact) mass is 761 g/mol. The normalized spacial score (nSPS) is 18.0. The number of hydrazine groups is 1. The summed E-state index contributed by atoms with van der Waals surface area (Å²) in [5.41, 5.74) is 8.23. The topological polar surface area (TPSA) is 126 Å². The zero-order valence-corrected chi connectivity index (χ0v) is 32.8. The second-order valence-electron chi connectivity index (χ2n) is 13.4. The molecule has 1 aliphatic carbocycles. The Kier molecular flexibility index (Phi) is 14.6. The number of aliphatic imine (C=N–C) groups is 1. The van der Waals surface area contributed by atoms with Crippen molar-refractivity contribution in [3.05, 3.63) is 64.7 Å². The number of nitrogens with zero attached hydrogens (tertiary/aromatic N) is 4. The first kappa shape index (κ1) is 40.1. The van der Waals surface area contributed by atoms with Crippen molar-refractivity contribution < 1.29 is 23.9 Å². The van der Waals surface area contributed by atoms with Gasteiger partial charge >= 0.3 is 5.97 Å². The summed E-state index contributed by atoms with van der Waals surface area (Å²) in [5, 5.41) is 2.76. The lowest BCUT2D eigenvalue weighted by Crippen LogP contribution is -2.62. The smallest absolute Gasteiger partial charge is 0.331 e. The SMILES string of the molecule is CSCC[C@@H](C(=O)OC1CCCCC1)N(C(C)=O)N1C(=O)C(N(C)C(=O)C(N)CSSC(C)(C)C)N=C(c2ccccc2)c2cc(Cl)ccc21. The van der Waals surface area contributed by atoms with Gasteiger partial charge in [-0.2, -0.15) is 11.8 Å². The molecule has 3 atom stereocenters. The molecule has 10 nitrogen and oxygen atoms in total. The third-order valence-corrected chi connectivity index (χ3v) is 12.5. The molecular formula is C36H48ClN5O5S3. The first-order chi connectivity index (χ1) is 23.7. The van der Waals surface area contributed by atoms with Gasteiger partial charge in [-0.25, -0.2) is 19.8 Å². The van der Waals surface area contributed by atoms with Crippen molar-refractivity contribution in [3.8, 4) is 0 Å². The quantitative estimate of drug-likeness (QED) is 0.178. The average Bonchev–Trinajstić information content (AvgIpc) is 3.19. The number of amides is 3. The Morgan fingerprint density at radius 3 is 2.40 bits per heavy atom. The fourth-order valence-corrected chi connectivity index (χ4v) is 8.94. The molecule has 1 aliphatic heterocycles. The molecule has 3 amide bonds. The van der Waals surface area contributed by atoms with Crippen LogP contribution in [-0.2, 0) is 23.9 Å². The van der Waals surface area contributed by atoms with Gasteiger partial charge in [-0.1, -0.05) is 90.7 Å². The van der Waals surface area contributed by atoms with Crippen LogP contribution < -0.4 is 10.7 Å². The van der Waals surface area contributed by atoms with Gasteiger partial charge in [0, 0.05) is 40.6 Å². The van der Waals surface area contributed by atoms with Crippen molar-refractivity contribution in [2.45, 2.75) is 95.3 Å². The van der Waals surface area contributed by atoms with E-state index in [1.165, 1.54) is 51.4 Å². The molecule has 4 rings (SSSR count). The van der Waals surface area contributed by atoms with E-state index in [2.05, 4.69) is 20.8 Å². The Morgan fingerprint density at radius 1 is 1.10 bits per heavy atom. The van der Waals surface area contributed by atoms with Crippen molar-refractivity contribution in [2.24, 2.45) is 10.7 Å². The molecule has 0 spiro atoms. The van der Waals surface area contributed by atoms with Gasteiger partial charge in [0.15, 0.2) is 6.04 Å². The van der Waals surface area contributed by atoms with Gasteiger partial charge in [-0.05, 0) is 62.3 Å². The van der Waals surface area contributed by atoms with E-state index in [1.807, 2.05) is 36.6 Å². The molecule has 2 aromatic rings. The van der Waals surface area contributed by atoms with Crippen LogP contribution in [0.3, 0.4) is 0 Å². The van der Waals surface area contributed by atoms with Crippen molar-refractivity contribution >= 4 is 80.0 Å². The molecule has 272 valence electrons. The first-order valence-electron chi connectivity index (χ1n) is 16.8. The van der Waals surface area contributed by atoms with Gasteiger partial charge in [0.1, 0.15) is 6.10 Å². The summed E-state index contributed by atoms with van der Waals surface area (Å²) >= 11 is 8.09. The molecule has 2 unspecified atom stereocenters. The van der Waals surface area contributed by atoms with Crippen LogP contribution in [0.25, 0.3) is 0 Å². The van der Waals surface area contributed by atoms with Crippen LogP contribution >= 0.6 is 45.0 Å². The molecule has 14 heteroatoms. The highest BCUT2D eigenvalue weighted by atomic mass is 35.5. The Balaban J connectivity index is 1.85. The van der Waals surface area contributed by atoms with Gasteiger partial charge in [0.2, 0.25) is 18.0 Å². The molecule has 2 aromatic carbocycles. The summed E-state index contributed by atoms with van der Waals surface area (Å²) < 4.78 is 5.99. The predicted octanol–water partition coefficient (Wildman–Crippen LogP) is 6.58. The number of benzodiazepines with no additional fused rings is 1. The van der Waals surface area contributed by atoms with Crippen LogP contribution in [0.5, 0.6) is 0 Å². The summed E-state index contributed by atoms with van der Waals surface area (Å²) in [5.74, 6) is -1.48. The van der Waals surface area contributed by atoms with Crippen LogP contribution in [-0.4, -0.2) is 93.2 Å². The van der Waals surface area contributed by atoms with E-state index in [9.17, 15) is 14.4 Å². The van der Waals surface area contributed by atoms with Crippen molar-refractivity contribution in [1.29, 1.82) is 0 Å². The Morgan fingerprint density at radius 2 is 1.78 bits per heavy atom. The Hall–Kier alpha value is -2.71. The van der Waals surface area contributed by atoms with Crippen LogP contribution in [0.1, 0.15) is 77.3 Å². The summed E-state index contributed by atoms with van der Waals surface area (Å²) in [6, 6.07) is 12.1. The molecule has 1 heterocycles. The zero-order chi connectivity index (χ0) is 36.6. The van der Waals surface area contributed by atoms with Crippen molar-refractivity contribution in [3.63, 3.8) is 0 Å². The van der Waals surface area contributed by atoms with Gasteiger partial charge in [-0.15, -0.1) is 0 Å². The highest BCUT2D eigenvalue weighted by molar-refractivity contribution is 8.77. The minimum absolute atomic E-state index is 0.0415. The van der Waals surface area contributed by atoms with Crippen molar-refractivity contribution in [1.82, 2.24) is 9.91 Å². The summed E-state index contributed by atoms with van der Waals surface area (Å²) in [4.78, 5) is 62.9. The number of carbonyl (C=O) groups is 4. The highest BCUT2D eigenvalue weighted by Crippen LogP contribution is 2.36. The lowest BCUT2D eigenvalue weighted by molar-refractivity contribution is -0.162. The number of ether oxygens (including phenoxy) is 1. The lowest BCUT2D eigenvalue weighted by Gasteiger charge is -2.40. The van der Waals surface area contributed by atoms with E-state index in [0.29, 0.717) is 39.1 Å². The number of nitrogens with two attached hydrogens (primary N) is 1. The van der Waals surface area contributed by atoms with E-state index in [-0.39, 0.29) is 17.3 Å². The number of fused-ring (bicyclic) bond motifs is 1.